The van der Waals surface area contributed by atoms with Gasteiger partial charge >= 0.3 is 11.9 Å². The minimum absolute atomic E-state index is 0.196. The van der Waals surface area contributed by atoms with Gasteiger partial charge in [-0.15, -0.1) is 0 Å². The maximum atomic E-state index is 12.0. The molecule has 2 atom stereocenters. The normalized spacial score (nSPS) is 13.4. The van der Waals surface area contributed by atoms with Crippen molar-refractivity contribution in [2.45, 2.75) is 52.4 Å². The monoisotopic (exact) mass is 324 g/mol. The number of hydrogen-bond acceptors (Lipinski definition) is 5. The number of rotatable bonds is 9. The van der Waals surface area contributed by atoms with Gasteiger partial charge in [0.15, 0.2) is 12.2 Å². The highest BCUT2D eigenvalue weighted by molar-refractivity contribution is 5.75. The average molecular weight is 324 g/mol. The van der Waals surface area contributed by atoms with Crippen molar-refractivity contribution in [3.63, 3.8) is 0 Å². The highest BCUT2D eigenvalue weighted by Crippen LogP contribution is 2.16. The summed E-state index contributed by atoms with van der Waals surface area (Å²) in [5.74, 6) is -0.954. The second-order valence-electron chi connectivity index (χ2n) is 5.38. The Morgan fingerprint density at radius 2 is 1.74 bits per heavy atom. The van der Waals surface area contributed by atoms with Crippen LogP contribution < -0.4 is 4.74 Å². The predicted molar refractivity (Wildman–Crippen MR) is 84.5 cm³/mol. The Balaban J connectivity index is 2.70. The predicted octanol–water partition coefficient (Wildman–Crippen LogP) is 2.44. The standard InChI is InChI=1S/C17H24O6/c1-5-21-15(17(20)22-11(2)3)10-13-6-8-14(9-7-13)23-12(4)16(18)19/h6-9,11-12,15H,5,10H2,1-4H3,(H,18,19)/t12-,15+/m1/s1. The lowest BCUT2D eigenvalue weighted by Crippen LogP contribution is -2.30. The van der Waals surface area contributed by atoms with Gasteiger partial charge in [0.1, 0.15) is 5.75 Å². The summed E-state index contributed by atoms with van der Waals surface area (Å²) in [6, 6.07) is 6.90. The summed E-state index contributed by atoms with van der Waals surface area (Å²) in [4.78, 5) is 22.8. The van der Waals surface area contributed by atoms with Crippen molar-refractivity contribution >= 4 is 11.9 Å². The topological polar surface area (TPSA) is 82.1 Å². The molecule has 6 heteroatoms. The number of ether oxygens (including phenoxy) is 3. The lowest BCUT2D eigenvalue weighted by molar-refractivity contribution is -0.160. The SMILES string of the molecule is CCO[C@@H](Cc1ccc(O[C@H](C)C(=O)O)cc1)C(=O)OC(C)C. The highest BCUT2D eigenvalue weighted by Gasteiger charge is 2.22. The van der Waals surface area contributed by atoms with Crippen molar-refractivity contribution in [3.05, 3.63) is 29.8 Å². The van der Waals surface area contributed by atoms with Gasteiger partial charge in [-0.1, -0.05) is 12.1 Å². The third-order valence-corrected chi connectivity index (χ3v) is 2.99. The summed E-state index contributed by atoms with van der Waals surface area (Å²) in [6.45, 7) is 7.27. The fourth-order valence-electron chi connectivity index (χ4n) is 1.89. The Hall–Kier alpha value is -2.08. The summed E-state index contributed by atoms with van der Waals surface area (Å²) in [7, 11) is 0. The van der Waals surface area contributed by atoms with Crippen LogP contribution in [0.15, 0.2) is 24.3 Å². The van der Waals surface area contributed by atoms with Crippen molar-refractivity contribution in [3.8, 4) is 5.75 Å². The molecule has 0 unspecified atom stereocenters. The lowest BCUT2D eigenvalue weighted by atomic mass is 10.1. The van der Waals surface area contributed by atoms with Crippen LogP contribution in [-0.2, 0) is 25.5 Å². The van der Waals surface area contributed by atoms with Gasteiger partial charge in [-0.2, -0.15) is 0 Å². The van der Waals surface area contributed by atoms with E-state index in [-0.39, 0.29) is 12.1 Å². The van der Waals surface area contributed by atoms with E-state index < -0.39 is 18.2 Å². The number of carboxylic acids is 1. The average Bonchev–Trinajstić information content (AvgIpc) is 2.47. The largest absolute Gasteiger partial charge is 0.479 e. The molecule has 6 nitrogen and oxygen atoms in total. The first-order valence-corrected chi connectivity index (χ1v) is 7.64. The van der Waals surface area contributed by atoms with Crippen molar-refractivity contribution < 1.29 is 28.9 Å². The van der Waals surface area contributed by atoms with Crippen LogP contribution >= 0.6 is 0 Å². The fourth-order valence-corrected chi connectivity index (χ4v) is 1.89. The maximum Gasteiger partial charge on any atom is 0.344 e. The molecule has 0 saturated carbocycles. The minimum Gasteiger partial charge on any atom is -0.479 e. The molecular formula is C17H24O6. The van der Waals surface area contributed by atoms with Gasteiger partial charge in [-0.25, -0.2) is 9.59 Å². The van der Waals surface area contributed by atoms with Crippen molar-refractivity contribution in [2.24, 2.45) is 0 Å². The van der Waals surface area contributed by atoms with Crippen LogP contribution in [0, 0.1) is 0 Å². The van der Waals surface area contributed by atoms with Crippen molar-refractivity contribution in [1.82, 2.24) is 0 Å². The molecule has 128 valence electrons. The highest BCUT2D eigenvalue weighted by atomic mass is 16.6. The van der Waals surface area contributed by atoms with Gasteiger partial charge in [0.05, 0.1) is 6.10 Å². The van der Waals surface area contributed by atoms with Crippen LogP contribution in [0.2, 0.25) is 0 Å². The number of benzene rings is 1. The summed E-state index contributed by atoms with van der Waals surface area (Å²) in [6.07, 6.45) is -1.39. The molecule has 23 heavy (non-hydrogen) atoms. The van der Waals surface area contributed by atoms with Gasteiger partial charge in [0, 0.05) is 13.0 Å². The van der Waals surface area contributed by atoms with E-state index in [1.54, 1.807) is 38.1 Å². The third kappa shape index (κ3) is 6.69. The minimum atomic E-state index is -1.03. The molecule has 0 fully saturated rings. The summed E-state index contributed by atoms with van der Waals surface area (Å²) < 4.78 is 15.9. The molecule has 0 aliphatic heterocycles. The smallest absolute Gasteiger partial charge is 0.344 e. The number of carbonyl (C=O) groups is 2. The number of esters is 1. The van der Waals surface area contributed by atoms with E-state index in [4.69, 9.17) is 19.3 Å². The molecule has 0 heterocycles. The van der Waals surface area contributed by atoms with Crippen LogP contribution in [0.4, 0.5) is 0 Å². The van der Waals surface area contributed by atoms with E-state index in [0.29, 0.717) is 18.8 Å². The van der Waals surface area contributed by atoms with E-state index in [0.717, 1.165) is 5.56 Å². The summed E-state index contributed by atoms with van der Waals surface area (Å²) in [5.41, 5.74) is 0.875. The summed E-state index contributed by atoms with van der Waals surface area (Å²) in [5, 5.41) is 8.82. The lowest BCUT2D eigenvalue weighted by Gasteiger charge is -2.18. The summed E-state index contributed by atoms with van der Waals surface area (Å²) >= 11 is 0. The second kappa shape index (κ2) is 9.15. The fraction of sp³-hybridized carbons (Fsp3) is 0.529. The molecule has 0 aromatic heterocycles. The molecule has 1 N–H and O–H groups in total. The Morgan fingerprint density at radius 1 is 1.13 bits per heavy atom. The Bertz CT molecular complexity index is 508. The number of hydrogen-bond donors (Lipinski definition) is 1. The number of carbonyl (C=O) groups excluding carboxylic acids is 1. The van der Waals surface area contributed by atoms with Crippen LogP contribution in [0.5, 0.6) is 5.75 Å². The molecule has 1 aromatic carbocycles. The Kier molecular flexibility index (Phi) is 7.54. The molecule has 0 saturated heterocycles. The van der Waals surface area contributed by atoms with Gasteiger partial charge in [0.2, 0.25) is 0 Å². The van der Waals surface area contributed by atoms with Crippen LogP contribution in [0.25, 0.3) is 0 Å². The first-order chi connectivity index (χ1) is 10.8. The molecule has 0 aliphatic carbocycles. The van der Waals surface area contributed by atoms with E-state index in [1.165, 1.54) is 6.92 Å². The molecule has 0 bridgehead atoms. The van der Waals surface area contributed by atoms with E-state index in [1.807, 2.05) is 6.92 Å². The zero-order chi connectivity index (χ0) is 17.4. The molecule has 1 aromatic rings. The van der Waals surface area contributed by atoms with Crippen molar-refractivity contribution in [1.29, 1.82) is 0 Å². The second-order valence-corrected chi connectivity index (χ2v) is 5.38. The quantitative estimate of drug-likeness (QED) is 0.703. The third-order valence-electron chi connectivity index (χ3n) is 2.99. The van der Waals surface area contributed by atoms with Gasteiger partial charge in [-0.05, 0) is 45.4 Å². The molecule has 0 spiro atoms. The zero-order valence-electron chi connectivity index (χ0n) is 13.9. The molecule has 0 amide bonds. The van der Waals surface area contributed by atoms with Gasteiger partial charge < -0.3 is 19.3 Å². The number of aliphatic carboxylic acids is 1. The molecule has 0 aliphatic rings. The van der Waals surface area contributed by atoms with Crippen molar-refractivity contribution in [2.75, 3.05) is 6.61 Å². The van der Waals surface area contributed by atoms with Crippen LogP contribution in [0.1, 0.15) is 33.3 Å². The van der Waals surface area contributed by atoms with Crippen LogP contribution in [0.3, 0.4) is 0 Å². The first kappa shape index (κ1) is 19.0. The molecular weight excluding hydrogens is 300 g/mol. The number of carboxylic acid groups (broad SMARTS) is 1. The van der Waals surface area contributed by atoms with Gasteiger partial charge in [0.25, 0.3) is 0 Å². The van der Waals surface area contributed by atoms with Crippen LogP contribution in [-0.4, -0.2) is 42.0 Å². The Morgan fingerprint density at radius 3 is 2.22 bits per heavy atom. The zero-order valence-corrected chi connectivity index (χ0v) is 13.9. The van der Waals surface area contributed by atoms with E-state index >= 15 is 0 Å². The molecule has 0 radical (unpaired) electrons. The van der Waals surface area contributed by atoms with Gasteiger partial charge in [-0.3, -0.25) is 0 Å². The van der Waals surface area contributed by atoms with E-state index in [9.17, 15) is 9.59 Å². The first-order valence-electron chi connectivity index (χ1n) is 7.64. The maximum absolute atomic E-state index is 12.0. The van der Waals surface area contributed by atoms with E-state index in [2.05, 4.69) is 0 Å². The Labute approximate surface area is 136 Å². The molecule has 1 rings (SSSR count).